The molecule has 0 aliphatic carbocycles. The van der Waals surface area contributed by atoms with E-state index in [0.717, 1.165) is 31.1 Å². The van der Waals surface area contributed by atoms with Crippen LogP contribution in [0.1, 0.15) is 11.6 Å². The fraction of sp³-hybridized carbons (Fsp3) is 0.538. The van der Waals surface area contributed by atoms with Crippen LogP contribution in [-0.4, -0.2) is 45.8 Å². The van der Waals surface area contributed by atoms with E-state index in [1.165, 1.54) is 5.56 Å². The number of benzene rings is 1. The Morgan fingerprint density at radius 1 is 1.29 bits per heavy atom. The highest BCUT2D eigenvalue weighted by molar-refractivity contribution is 5.42. The molecule has 1 fully saturated rings. The number of nitrogens with one attached hydrogen (secondary N) is 1. The van der Waals surface area contributed by atoms with Crippen LogP contribution >= 0.6 is 0 Å². The number of hydrogen-bond acceptors (Lipinski definition) is 4. The van der Waals surface area contributed by atoms with Crippen LogP contribution in [-0.2, 0) is 0 Å². The smallest absolute Gasteiger partial charge is 0.127 e. The van der Waals surface area contributed by atoms with Gasteiger partial charge in [0, 0.05) is 37.3 Å². The second kappa shape index (κ2) is 5.38. The summed E-state index contributed by atoms with van der Waals surface area (Å²) in [6.07, 6.45) is 0. The van der Waals surface area contributed by atoms with Crippen LogP contribution in [0, 0.1) is 0 Å². The molecule has 0 bridgehead atoms. The van der Waals surface area contributed by atoms with Gasteiger partial charge in [0.25, 0.3) is 0 Å². The lowest BCUT2D eigenvalue weighted by atomic mass is 10.0. The van der Waals surface area contributed by atoms with Gasteiger partial charge < -0.3 is 19.7 Å². The number of hydrogen-bond donors (Lipinski definition) is 1. The van der Waals surface area contributed by atoms with Crippen LogP contribution in [0.3, 0.4) is 0 Å². The molecular formula is C13H20N2O2. The highest BCUT2D eigenvalue weighted by atomic mass is 16.5. The molecule has 1 aliphatic heterocycles. The molecule has 1 aliphatic rings. The lowest BCUT2D eigenvalue weighted by Crippen LogP contribution is -2.43. The molecule has 1 heterocycles. The molecule has 1 unspecified atom stereocenters. The van der Waals surface area contributed by atoms with Gasteiger partial charge in [0.2, 0.25) is 0 Å². The molecule has 0 saturated carbocycles. The van der Waals surface area contributed by atoms with Crippen molar-refractivity contribution in [2.75, 3.05) is 40.9 Å². The SMILES string of the molecule is COc1ccc(C2CN(C)CCN2)c(OC)c1. The van der Waals surface area contributed by atoms with Gasteiger partial charge in [-0.1, -0.05) is 6.07 Å². The number of methoxy groups -OCH3 is 2. The number of likely N-dealkylation sites (N-methyl/N-ethyl adjacent to an activating group) is 1. The Hall–Kier alpha value is -1.26. The van der Waals surface area contributed by atoms with Crippen LogP contribution < -0.4 is 14.8 Å². The van der Waals surface area contributed by atoms with Crippen LogP contribution in [0.2, 0.25) is 0 Å². The van der Waals surface area contributed by atoms with Gasteiger partial charge >= 0.3 is 0 Å². The van der Waals surface area contributed by atoms with Crippen molar-refractivity contribution in [1.82, 2.24) is 10.2 Å². The molecule has 17 heavy (non-hydrogen) atoms. The Bertz CT molecular complexity index is 382. The van der Waals surface area contributed by atoms with Crippen LogP contribution in [0.15, 0.2) is 18.2 Å². The summed E-state index contributed by atoms with van der Waals surface area (Å²) >= 11 is 0. The maximum atomic E-state index is 5.44. The van der Waals surface area contributed by atoms with Crippen LogP contribution in [0.4, 0.5) is 0 Å². The van der Waals surface area contributed by atoms with E-state index in [0.29, 0.717) is 6.04 Å². The minimum absolute atomic E-state index is 0.328. The van der Waals surface area contributed by atoms with Crippen molar-refractivity contribution in [2.45, 2.75) is 6.04 Å². The monoisotopic (exact) mass is 236 g/mol. The molecule has 1 atom stereocenters. The molecule has 1 aromatic carbocycles. The van der Waals surface area contributed by atoms with Gasteiger partial charge in [-0.15, -0.1) is 0 Å². The predicted octanol–water partition coefficient (Wildman–Crippen LogP) is 1.28. The maximum absolute atomic E-state index is 5.44. The fourth-order valence-electron chi connectivity index (χ4n) is 2.21. The molecule has 0 amide bonds. The molecule has 1 saturated heterocycles. The topological polar surface area (TPSA) is 33.7 Å². The second-order valence-corrected chi connectivity index (χ2v) is 4.38. The van der Waals surface area contributed by atoms with E-state index < -0.39 is 0 Å². The Labute approximate surface area is 103 Å². The molecule has 1 N–H and O–H groups in total. The summed E-state index contributed by atoms with van der Waals surface area (Å²) in [6, 6.07) is 6.32. The lowest BCUT2D eigenvalue weighted by molar-refractivity contribution is 0.237. The zero-order valence-electron chi connectivity index (χ0n) is 10.7. The summed E-state index contributed by atoms with van der Waals surface area (Å²) in [5, 5.41) is 3.52. The van der Waals surface area contributed by atoms with Gasteiger partial charge in [-0.3, -0.25) is 0 Å². The average molecular weight is 236 g/mol. The van der Waals surface area contributed by atoms with Gasteiger partial charge in [-0.25, -0.2) is 0 Å². The maximum Gasteiger partial charge on any atom is 0.127 e. The van der Waals surface area contributed by atoms with Crippen molar-refractivity contribution >= 4 is 0 Å². The number of ether oxygens (including phenoxy) is 2. The summed E-state index contributed by atoms with van der Waals surface area (Å²) in [7, 11) is 5.51. The first kappa shape index (κ1) is 12.2. The minimum Gasteiger partial charge on any atom is -0.497 e. The highest BCUT2D eigenvalue weighted by Gasteiger charge is 2.21. The summed E-state index contributed by atoms with van der Waals surface area (Å²) in [6.45, 7) is 3.11. The Morgan fingerprint density at radius 3 is 2.76 bits per heavy atom. The molecule has 0 spiro atoms. The summed E-state index contributed by atoms with van der Waals surface area (Å²) < 4.78 is 10.6. The molecule has 4 heteroatoms. The van der Waals surface area contributed by atoms with E-state index in [1.54, 1.807) is 14.2 Å². The third-order valence-electron chi connectivity index (χ3n) is 3.19. The van der Waals surface area contributed by atoms with Crippen LogP contribution in [0.5, 0.6) is 11.5 Å². The first-order valence-electron chi connectivity index (χ1n) is 5.88. The predicted molar refractivity (Wildman–Crippen MR) is 67.8 cm³/mol. The Kier molecular flexibility index (Phi) is 3.86. The summed E-state index contributed by atoms with van der Waals surface area (Å²) in [4.78, 5) is 2.32. The Balaban J connectivity index is 2.24. The Morgan fingerprint density at radius 2 is 2.12 bits per heavy atom. The normalized spacial score (nSPS) is 21.2. The van der Waals surface area contributed by atoms with Crippen molar-refractivity contribution in [3.05, 3.63) is 23.8 Å². The van der Waals surface area contributed by atoms with Crippen molar-refractivity contribution in [3.63, 3.8) is 0 Å². The molecule has 94 valence electrons. The van der Waals surface area contributed by atoms with Gasteiger partial charge in [0.1, 0.15) is 11.5 Å². The quantitative estimate of drug-likeness (QED) is 0.857. The fourth-order valence-corrected chi connectivity index (χ4v) is 2.21. The van der Waals surface area contributed by atoms with Crippen LogP contribution in [0.25, 0.3) is 0 Å². The van der Waals surface area contributed by atoms with Crippen molar-refractivity contribution in [3.8, 4) is 11.5 Å². The standard InChI is InChI=1S/C13H20N2O2/c1-15-7-6-14-12(9-15)11-5-4-10(16-2)8-13(11)17-3/h4-5,8,12,14H,6-7,9H2,1-3H3. The molecule has 1 aromatic rings. The minimum atomic E-state index is 0.328. The third kappa shape index (κ3) is 2.70. The summed E-state index contributed by atoms with van der Waals surface area (Å²) in [5.74, 6) is 1.71. The molecule has 4 nitrogen and oxygen atoms in total. The second-order valence-electron chi connectivity index (χ2n) is 4.38. The first-order valence-corrected chi connectivity index (χ1v) is 5.88. The van der Waals surface area contributed by atoms with Gasteiger partial charge in [-0.2, -0.15) is 0 Å². The van der Waals surface area contributed by atoms with Crippen molar-refractivity contribution < 1.29 is 9.47 Å². The largest absolute Gasteiger partial charge is 0.497 e. The molecule has 0 aromatic heterocycles. The average Bonchev–Trinajstić information content (AvgIpc) is 2.38. The lowest BCUT2D eigenvalue weighted by Gasteiger charge is -2.32. The van der Waals surface area contributed by atoms with E-state index in [-0.39, 0.29) is 0 Å². The van der Waals surface area contributed by atoms with E-state index in [2.05, 4.69) is 23.3 Å². The number of rotatable bonds is 3. The van der Waals surface area contributed by atoms with E-state index in [1.807, 2.05) is 12.1 Å². The van der Waals surface area contributed by atoms with Gasteiger partial charge in [0.15, 0.2) is 0 Å². The van der Waals surface area contributed by atoms with E-state index in [4.69, 9.17) is 9.47 Å². The van der Waals surface area contributed by atoms with Crippen molar-refractivity contribution in [1.29, 1.82) is 0 Å². The highest BCUT2D eigenvalue weighted by Crippen LogP contribution is 2.30. The summed E-state index contributed by atoms with van der Waals surface area (Å²) in [5.41, 5.74) is 1.19. The molecule has 0 radical (unpaired) electrons. The van der Waals surface area contributed by atoms with Crippen molar-refractivity contribution in [2.24, 2.45) is 0 Å². The zero-order chi connectivity index (χ0) is 12.3. The zero-order valence-corrected chi connectivity index (χ0v) is 10.7. The van der Waals surface area contributed by atoms with Gasteiger partial charge in [0.05, 0.1) is 14.2 Å². The molecular weight excluding hydrogens is 216 g/mol. The number of piperazine rings is 1. The number of nitrogens with zero attached hydrogens (tertiary/aromatic N) is 1. The molecule has 2 rings (SSSR count). The first-order chi connectivity index (χ1) is 8.24. The van der Waals surface area contributed by atoms with Gasteiger partial charge in [-0.05, 0) is 13.1 Å². The third-order valence-corrected chi connectivity index (χ3v) is 3.19. The van der Waals surface area contributed by atoms with E-state index in [9.17, 15) is 0 Å². The van der Waals surface area contributed by atoms with E-state index >= 15 is 0 Å².